The van der Waals surface area contributed by atoms with Gasteiger partial charge in [0.1, 0.15) is 0 Å². The van der Waals surface area contributed by atoms with Gasteiger partial charge in [0.05, 0.1) is 0 Å². The summed E-state index contributed by atoms with van der Waals surface area (Å²) in [5, 5.41) is 4.24. The first-order valence-corrected chi connectivity index (χ1v) is 5.74. The zero-order valence-corrected chi connectivity index (χ0v) is 8.33. The van der Waals surface area contributed by atoms with Crippen LogP contribution in [0.25, 0.3) is 0 Å². The molecule has 1 rings (SSSR count). The second kappa shape index (κ2) is 6.39. The van der Waals surface area contributed by atoms with Crippen LogP contribution in [-0.2, 0) is 0 Å². The topological polar surface area (TPSA) is 12.0 Å². The number of nitrogens with one attached hydrogen (secondary N) is 1. The van der Waals surface area contributed by atoms with Gasteiger partial charge in [-0.25, -0.2) is 0 Å². The van der Waals surface area contributed by atoms with Gasteiger partial charge >= 0.3 is 0 Å². The largest absolute Gasteiger partial charge is 0.315 e. The Bertz CT molecular complexity index is 144. The number of terminal acetylenes is 1. The van der Waals surface area contributed by atoms with Crippen LogP contribution in [-0.4, -0.2) is 24.1 Å². The van der Waals surface area contributed by atoms with E-state index in [2.05, 4.69) is 23.0 Å². The fraction of sp³-hybridized carbons (Fsp3) is 0.800. The van der Waals surface area contributed by atoms with Crippen LogP contribution in [0.15, 0.2) is 0 Å². The highest BCUT2D eigenvalue weighted by atomic mass is 32.2. The molecule has 2 heteroatoms. The Labute approximate surface area is 79.7 Å². The minimum Gasteiger partial charge on any atom is -0.315 e. The highest BCUT2D eigenvalue weighted by Gasteiger charge is 2.12. The minimum atomic E-state index is 0.844. The number of hydrogen-bond acceptors (Lipinski definition) is 2. The molecule has 1 N–H and O–H groups in total. The Morgan fingerprint density at radius 2 is 2.42 bits per heavy atom. The summed E-state index contributed by atoms with van der Waals surface area (Å²) in [5.74, 6) is 3.98. The van der Waals surface area contributed by atoms with Gasteiger partial charge in [0.2, 0.25) is 0 Å². The van der Waals surface area contributed by atoms with Gasteiger partial charge in [0, 0.05) is 24.8 Å². The Morgan fingerprint density at radius 1 is 1.50 bits per heavy atom. The SMILES string of the molecule is C#CCCNCC1CCCCS1. The highest BCUT2D eigenvalue weighted by Crippen LogP contribution is 2.24. The van der Waals surface area contributed by atoms with Crippen molar-refractivity contribution in [1.29, 1.82) is 0 Å². The third-order valence-corrected chi connectivity index (χ3v) is 3.49. The van der Waals surface area contributed by atoms with Crippen molar-refractivity contribution < 1.29 is 0 Å². The second-order valence-corrected chi connectivity index (χ2v) is 4.56. The van der Waals surface area contributed by atoms with Crippen molar-refractivity contribution in [3.63, 3.8) is 0 Å². The van der Waals surface area contributed by atoms with E-state index in [-0.39, 0.29) is 0 Å². The number of rotatable bonds is 4. The Hall–Kier alpha value is -0.130. The molecule has 0 amide bonds. The Kier molecular flexibility index (Phi) is 5.30. The molecular formula is C10H17NS. The predicted octanol–water partition coefficient (Wildman–Crippen LogP) is 1.89. The molecule has 1 nitrogen and oxygen atoms in total. The smallest absolute Gasteiger partial charge is 0.0211 e. The lowest BCUT2D eigenvalue weighted by molar-refractivity contribution is 0.602. The summed E-state index contributed by atoms with van der Waals surface area (Å²) in [7, 11) is 0. The van der Waals surface area contributed by atoms with Gasteiger partial charge in [-0.05, 0) is 18.6 Å². The molecule has 0 saturated carbocycles. The lowest BCUT2D eigenvalue weighted by atomic mass is 10.2. The van der Waals surface area contributed by atoms with E-state index in [1.54, 1.807) is 0 Å². The fourth-order valence-corrected chi connectivity index (χ4v) is 2.67. The summed E-state index contributed by atoms with van der Waals surface area (Å²) in [5.41, 5.74) is 0. The van der Waals surface area contributed by atoms with Crippen molar-refractivity contribution in [2.45, 2.75) is 30.9 Å². The van der Waals surface area contributed by atoms with Crippen LogP contribution >= 0.6 is 11.8 Å². The molecule has 0 spiro atoms. The van der Waals surface area contributed by atoms with Crippen LogP contribution in [0.4, 0.5) is 0 Å². The van der Waals surface area contributed by atoms with E-state index in [0.29, 0.717) is 0 Å². The van der Waals surface area contributed by atoms with Crippen LogP contribution in [0.1, 0.15) is 25.7 Å². The van der Waals surface area contributed by atoms with Crippen molar-refractivity contribution in [3.8, 4) is 12.3 Å². The molecule has 1 unspecified atom stereocenters. The second-order valence-electron chi connectivity index (χ2n) is 3.15. The van der Waals surface area contributed by atoms with Crippen LogP contribution in [0.5, 0.6) is 0 Å². The van der Waals surface area contributed by atoms with E-state index >= 15 is 0 Å². The first kappa shape index (κ1) is 9.95. The molecule has 12 heavy (non-hydrogen) atoms. The third-order valence-electron chi connectivity index (χ3n) is 2.09. The molecule has 1 aliphatic rings. The summed E-state index contributed by atoms with van der Waals surface area (Å²) >= 11 is 2.11. The average molecular weight is 183 g/mol. The lowest BCUT2D eigenvalue weighted by Crippen LogP contribution is -2.27. The quantitative estimate of drug-likeness (QED) is 0.527. The molecule has 1 saturated heterocycles. The fourth-order valence-electron chi connectivity index (χ4n) is 1.39. The molecule has 1 aliphatic heterocycles. The third kappa shape index (κ3) is 4.04. The monoisotopic (exact) mass is 183 g/mol. The first-order valence-electron chi connectivity index (χ1n) is 4.69. The number of thioether (sulfide) groups is 1. The maximum atomic E-state index is 5.15. The van der Waals surface area contributed by atoms with Crippen molar-refractivity contribution in [2.24, 2.45) is 0 Å². The lowest BCUT2D eigenvalue weighted by Gasteiger charge is -2.21. The molecule has 0 aromatic carbocycles. The first-order chi connectivity index (χ1) is 5.93. The maximum Gasteiger partial charge on any atom is 0.0211 e. The minimum absolute atomic E-state index is 0.844. The normalized spacial score (nSPS) is 23.4. The van der Waals surface area contributed by atoms with Crippen molar-refractivity contribution in [1.82, 2.24) is 5.32 Å². The molecule has 1 heterocycles. The van der Waals surface area contributed by atoms with Gasteiger partial charge in [0.15, 0.2) is 0 Å². The molecule has 0 aliphatic carbocycles. The van der Waals surface area contributed by atoms with E-state index in [1.165, 1.54) is 25.0 Å². The molecule has 0 bridgehead atoms. The highest BCUT2D eigenvalue weighted by molar-refractivity contribution is 7.99. The summed E-state index contributed by atoms with van der Waals surface area (Å²) in [6, 6.07) is 0. The Balaban J connectivity index is 1.95. The molecule has 0 aromatic heterocycles. The van der Waals surface area contributed by atoms with Crippen molar-refractivity contribution >= 4 is 11.8 Å². The predicted molar refractivity (Wildman–Crippen MR) is 56.4 cm³/mol. The van der Waals surface area contributed by atoms with Gasteiger partial charge in [-0.2, -0.15) is 11.8 Å². The number of hydrogen-bond donors (Lipinski definition) is 1. The molecule has 1 fully saturated rings. The molecule has 1 atom stereocenters. The molecule has 0 radical (unpaired) electrons. The van der Waals surface area contributed by atoms with E-state index in [4.69, 9.17) is 6.42 Å². The molecule has 0 aromatic rings. The maximum absolute atomic E-state index is 5.15. The van der Waals surface area contributed by atoms with Crippen LogP contribution in [0.2, 0.25) is 0 Å². The average Bonchev–Trinajstić information content (AvgIpc) is 2.14. The van der Waals surface area contributed by atoms with E-state index in [9.17, 15) is 0 Å². The molecular weight excluding hydrogens is 166 g/mol. The summed E-state index contributed by atoms with van der Waals surface area (Å²) in [6.07, 6.45) is 10.2. The zero-order chi connectivity index (χ0) is 8.65. The van der Waals surface area contributed by atoms with Gasteiger partial charge in [-0.1, -0.05) is 6.42 Å². The summed E-state index contributed by atoms with van der Waals surface area (Å²) < 4.78 is 0. The van der Waals surface area contributed by atoms with Crippen LogP contribution in [0, 0.1) is 12.3 Å². The molecule has 68 valence electrons. The summed E-state index contributed by atoms with van der Waals surface area (Å²) in [6.45, 7) is 2.12. The van der Waals surface area contributed by atoms with Gasteiger partial charge in [0.25, 0.3) is 0 Å². The van der Waals surface area contributed by atoms with E-state index < -0.39 is 0 Å². The van der Waals surface area contributed by atoms with E-state index in [0.717, 1.165) is 24.8 Å². The van der Waals surface area contributed by atoms with Crippen molar-refractivity contribution in [3.05, 3.63) is 0 Å². The van der Waals surface area contributed by atoms with Crippen molar-refractivity contribution in [2.75, 3.05) is 18.8 Å². The van der Waals surface area contributed by atoms with Gasteiger partial charge in [-0.3, -0.25) is 0 Å². The van der Waals surface area contributed by atoms with Gasteiger partial charge < -0.3 is 5.32 Å². The zero-order valence-electron chi connectivity index (χ0n) is 7.51. The van der Waals surface area contributed by atoms with Crippen LogP contribution < -0.4 is 5.32 Å². The van der Waals surface area contributed by atoms with Gasteiger partial charge in [-0.15, -0.1) is 12.3 Å². The standard InChI is InChI=1S/C10H17NS/c1-2-3-7-11-9-10-6-4-5-8-12-10/h1,10-11H,3-9H2. The Morgan fingerprint density at radius 3 is 3.08 bits per heavy atom. The summed E-state index contributed by atoms with van der Waals surface area (Å²) in [4.78, 5) is 0. The van der Waals surface area contributed by atoms with Crippen LogP contribution in [0.3, 0.4) is 0 Å². The van der Waals surface area contributed by atoms with E-state index in [1.807, 2.05) is 0 Å².